The highest BCUT2D eigenvalue weighted by Crippen LogP contribution is 2.15. The zero-order valence-electron chi connectivity index (χ0n) is 7.72. The Kier molecular flexibility index (Phi) is 4.12. The van der Waals surface area contributed by atoms with Crippen molar-refractivity contribution in [1.82, 2.24) is 0 Å². The number of allylic oxidation sites excluding steroid dienone is 2. The molecule has 1 nitrogen and oxygen atoms in total. The predicted octanol–water partition coefficient (Wildman–Crippen LogP) is 2.67. The number of hydrogen-bond donors (Lipinski definition) is 1. The van der Waals surface area contributed by atoms with Crippen molar-refractivity contribution in [3.8, 4) is 0 Å². The van der Waals surface area contributed by atoms with Gasteiger partial charge in [0.2, 0.25) is 0 Å². The molecule has 0 saturated heterocycles. The van der Waals surface area contributed by atoms with Gasteiger partial charge in [0.15, 0.2) is 0 Å². The lowest BCUT2D eigenvalue weighted by molar-refractivity contribution is 0.102. The predicted molar refractivity (Wildman–Crippen MR) is 49.5 cm³/mol. The van der Waals surface area contributed by atoms with E-state index in [0.717, 1.165) is 18.4 Å². The van der Waals surface area contributed by atoms with E-state index in [2.05, 4.69) is 6.58 Å². The van der Waals surface area contributed by atoms with Crippen molar-refractivity contribution in [2.75, 3.05) is 0 Å². The molecule has 0 aromatic heterocycles. The molecule has 1 atom stereocenters. The Bertz CT molecular complexity index is 150. The van der Waals surface area contributed by atoms with Crippen molar-refractivity contribution in [2.24, 2.45) is 0 Å². The maximum Gasteiger partial charge on any atom is 0.0805 e. The van der Waals surface area contributed by atoms with Crippen molar-refractivity contribution in [2.45, 2.75) is 39.2 Å². The van der Waals surface area contributed by atoms with Gasteiger partial charge in [-0.15, -0.1) is 6.58 Å². The van der Waals surface area contributed by atoms with Crippen LogP contribution in [0.5, 0.6) is 0 Å². The second-order valence-electron chi connectivity index (χ2n) is 3.41. The van der Waals surface area contributed by atoms with E-state index < -0.39 is 5.60 Å². The summed E-state index contributed by atoms with van der Waals surface area (Å²) in [6.45, 7) is 9.41. The first kappa shape index (κ1) is 10.4. The Morgan fingerprint density at radius 1 is 1.55 bits per heavy atom. The molecule has 0 aliphatic heterocycles. The zero-order valence-corrected chi connectivity index (χ0v) is 7.72. The molecule has 0 saturated carbocycles. The SMILES string of the molecule is C=CCCC(C)(O)C=C(C)C. The van der Waals surface area contributed by atoms with Gasteiger partial charge in [-0.3, -0.25) is 0 Å². The van der Waals surface area contributed by atoms with E-state index in [-0.39, 0.29) is 0 Å². The van der Waals surface area contributed by atoms with E-state index in [1.165, 1.54) is 0 Å². The molecule has 0 aromatic rings. The van der Waals surface area contributed by atoms with Crippen LogP contribution < -0.4 is 0 Å². The van der Waals surface area contributed by atoms with Crippen molar-refractivity contribution < 1.29 is 5.11 Å². The van der Waals surface area contributed by atoms with Crippen LogP contribution >= 0.6 is 0 Å². The van der Waals surface area contributed by atoms with Crippen molar-refractivity contribution in [3.05, 3.63) is 24.3 Å². The second-order valence-corrected chi connectivity index (χ2v) is 3.41. The summed E-state index contributed by atoms with van der Waals surface area (Å²) in [6.07, 6.45) is 5.32. The van der Waals surface area contributed by atoms with Gasteiger partial charge in [-0.25, -0.2) is 0 Å². The Hall–Kier alpha value is -0.560. The van der Waals surface area contributed by atoms with Crippen molar-refractivity contribution in [1.29, 1.82) is 0 Å². The monoisotopic (exact) mass is 154 g/mol. The van der Waals surface area contributed by atoms with Gasteiger partial charge in [0, 0.05) is 0 Å². The smallest absolute Gasteiger partial charge is 0.0805 e. The molecule has 0 amide bonds. The van der Waals surface area contributed by atoms with Gasteiger partial charge in [-0.1, -0.05) is 17.7 Å². The molecule has 11 heavy (non-hydrogen) atoms. The van der Waals surface area contributed by atoms with E-state index in [1.54, 1.807) is 0 Å². The average Bonchev–Trinajstić information content (AvgIpc) is 1.81. The van der Waals surface area contributed by atoms with Crippen molar-refractivity contribution >= 4 is 0 Å². The fourth-order valence-electron chi connectivity index (χ4n) is 1.09. The maximum absolute atomic E-state index is 9.69. The van der Waals surface area contributed by atoms with E-state index in [1.807, 2.05) is 32.9 Å². The summed E-state index contributed by atoms with van der Waals surface area (Å²) in [5.74, 6) is 0. The van der Waals surface area contributed by atoms with Crippen molar-refractivity contribution in [3.63, 3.8) is 0 Å². The van der Waals surface area contributed by atoms with Crippen LogP contribution in [0.2, 0.25) is 0 Å². The number of rotatable bonds is 4. The third-order valence-electron chi connectivity index (χ3n) is 1.45. The molecule has 0 aliphatic rings. The van der Waals surface area contributed by atoms with Gasteiger partial charge in [0.05, 0.1) is 5.60 Å². The standard InChI is InChI=1S/C10H18O/c1-5-6-7-10(4,11)8-9(2)3/h5,8,11H,1,6-7H2,2-4H3. The van der Waals surface area contributed by atoms with Crippen LogP contribution in [-0.4, -0.2) is 10.7 Å². The highest BCUT2D eigenvalue weighted by molar-refractivity contribution is 5.05. The largest absolute Gasteiger partial charge is 0.386 e. The van der Waals surface area contributed by atoms with E-state index in [0.29, 0.717) is 0 Å². The lowest BCUT2D eigenvalue weighted by Gasteiger charge is -2.18. The van der Waals surface area contributed by atoms with E-state index in [4.69, 9.17) is 0 Å². The van der Waals surface area contributed by atoms with Crippen LogP contribution in [0.1, 0.15) is 33.6 Å². The van der Waals surface area contributed by atoms with E-state index in [9.17, 15) is 5.11 Å². The minimum atomic E-state index is -0.660. The van der Waals surface area contributed by atoms with Gasteiger partial charge in [0.1, 0.15) is 0 Å². The first-order valence-electron chi connectivity index (χ1n) is 3.97. The molecule has 0 spiro atoms. The highest BCUT2D eigenvalue weighted by Gasteiger charge is 2.14. The highest BCUT2D eigenvalue weighted by atomic mass is 16.3. The third-order valence-corrected chi connectivity index (χ3v) is 1.45. The first-order valence-corrected chi connectivity index (χ1v) is 3.97. The summed E-state index contributed by atoms with van der Waals surface area (Å²) in [7, 11) is 0. The summed E-state index contributed by atoms with van der Waals surface area (Å²) in [5, 5.41) is 9.69. The number of aliphatic hydroxyl groups is 1. The van der Waals surface area contributed by atoms with Crippen LogP contribution in [0.3, 0.4) is 0 Å². The third kappa shape index (κ3) is 5.86. The molecule has 1 N–H and O–H groups in total. The topological polar surface area (TPSA) is 20.2 Å². The van der Waals surface area contributed by atoms with Gasteiger partial charge in [-0.2, -0.15) is 0 Å². The van der Waals surface area contributed by atoms with Gasteiger partial charge < -0.3 is 5.11 Å². The quantitative estimate of drug-likeness (QED) is 0.617. The Labute approximate surface area is 69.4 Å². The van der Waals surface area contributed by atoms with Crippen LogP contribution in [0.4, 0.5) is 0 Å². The fraction of sp³-hybridized carbons (Fsp3) is 0.600. The zero-order chi connectivity index (χ0) is 8.91. The molecule has 0 fully saturated rings. The molecule has 0 aliphatic carbocycles. The molecular formula is C10H18O. The van der Waals surface area contributed by atoms with Crippen LogP contribution in [0.15, 0.2) is 24.3 Å². The molecule has 0 radical (unpaired) electrons. The summed E-state index contributed by atoms with van der Waals surface area (Å²) >= 11 is 0. The summed E-state index contributed by atoms with van der Waals surface area (Å²) < 4.78 is 0. The second kappa shape index (κ2) is 4.35. The molecule has 1 unspecified atom stereocenters. The van der Waals surface area contributed by atoms with E-state index >= 15 is 0 Å². The average molecular weight is 154 g/mol. The van der Waals surface area contributed by atoms with Crippen LogP contribution in [0, 0.1) is 0 Å². The van der Waals surface area contributed by atoms with Crippen LogP contribution in [0.25, 0.3) is 0 Å². The lowest BCUT2D eigenvalue weighted by atomic mass is 9.98. The molecule has 64 valence electrons. The summed E-state index contributed by atoms with van der Waals surface area (Å²) in [4.78, 5) is 0. The number of hydrogen-bond acceptors (Lipinski definition) is 1. The summed E-state index contributed by atoms with van der Waals surface area (Å²) in [6, 6.07) is 0. The minimum Gasteiger partial charge on any atom is -0.386 e. The van der Waals surface area contributed by atoms with Gasteiger partial charge >= 0.3 is 0 Å². The molecular weight excluding hydrogens is 136 g/mol. The molecule has 0 rings (SSSR count). The molecule has 0 bridgehead atoms. The molecule has 0 aromatic carbocycles. The molecule has 1 heteroatoms. The van der Waals surface area contributed by atoms with Crippen LogP contribution in [-0.2, 0) is 0 Å². The minimum absolute atomic E-state index is 0.660. The lowest BCUT2D eigenvalue weighted by Crippen LogP contribution is -2.20. The first-order chi connectivity index (χ1) is 4.98. The Morgan fingerprint density at radius 2 is 2.09 bits per heavy atom. The normalized spacial score (nSPS) is 15.3. The maximum atomic E-state index is 9.69. The van der Waals surface area contributed by atoms with Gasteiger partial charge in [-0.05, 0) is 33.6 Å². The summed E-state index contributed by atoms with van der Waals surface area (Å²) in [5.41, 5.74) is 0.492. The Balaban J connectivity index is 3.99. The Morgan fingerprint density at radius 3 is 2.45 bits per heavy atom. The van der Waals surface area contributed by atoms with Gasteiger partial charge in [0.25, 0.3) is 0 Å². The fourth-order valence-corrected chi connectivity index (χ4v) is 1.09. The molecule has 0 heterocycles.